The van der Waals surface area contributed by atoms with Crippen LogP contribution in [0.2, 0.25) is 0 Å². The predicted octanol–water partition coefficient (Wildman–Crippen LogP) is 5.67. The number of thiazole rings is 1. The summed E-state index contributed by atoms with van der Waals surface area (Å²) in [5.41, 5.74) is 6.14. The zero-order chi connectivity index (χ0) is 22.1. The number of ketones is 1. The molecule has 5 nitrogen and oxygen atoms in total. The molecule has 0 fully saturated rings. The van der Waals surface area contributed by atoms with Crippen LogP contribution >= 0.6 is 11.3 Å². The number of Topliss-reactive ketones (excluding diaryl/α,β-unsaturated/α-hetero) is 1. The van der Waals surface area contributed by atoms with Gasteiger partial charge in [0, 0.05) is 23.4 Å². The van der Waals surface area contributed by atoms with Crippen LogP contribution in [0, 0.1) is 13.8 Å². The molecule has 31 heavy (non-hydrogen) atoms. The van der Waals surface area contributed by atoms with E-state index in [1.165, 1.54) is 18.3 Å². The molecule has 0 bridgehead atoms. The van der Waals surface area contributed by atoms with Gasteiger partial charge in [0.1, 0.15) is 5.75 Å². The third kappa shape index (κ3) is 4.03. The molecule has 1 aliphatic carbocycles. The Bertz CT molecular complexity index is 1210. The molecule has 1 amide bonds. The standard InChI is InChI=1S/C25H24N2O3S/c1-15-6-5-7-23(16(15)2)27(17(3)28)25-26-20(14-31-25)12-19-9-8-18-13-21(30-4)10-11-22(18)24(19)29/h5-7,10-14H,8-9H2,1-4H3/b19-12-. The second-order valence-electron chi connectivity index (χ2n) is 7.65. The topological polar surface area (TPSA) is 59.5 Å². The molecule has 0 unspecified atom stereocenters. The van der Waals surface area contributed by atoms with E-state index in [2.05, 4.69) is 4.98 Å². The Morgan fingerprint density at radius 3 is 2.74 bits per heavy atom. The molecular formula is C25H24N2O3S. The Kier molecular flexibility index (Phi) is 5.74. The van der Waals surface area contributed by atoms with Crippen molar-refractivity contribution in [3.63, 3.8) is 0 Å². The maximum atomic E-state index is 13.0. The second-order valence-corrected chi connectivity index (χ2v) is 8.49. The molecular weight excluding hydrogens is 408 g/mol. The number of aromatic nitrogens is 1. The van der Waals surface area contributed by atoms with Gasteiger partial charge in [-0.25, -0.2) is 4.98 Å². The number of hydrogen-bond acceptors (Lipinski definition) is 5. The number of methoxy groups -OCH3 is 1. The minimum Gasteiger partial charge on any atom is -0.497 e. The maximum absolute atomic E-state index is 13.0. The summed E-state index contributed by atoms with van der Waals surface area (Å²) in [6, 6.07) is 11.5. The molecule has 1 heterocycles. The molecule has 0 aliphatic heterocycles. The Hall–Kier alpha value is -3.25. The van der Waals surface area contributed by atoms with E-state index in [1.807, 2.05) is 61.7 Å². The molecule has 0 saturated carbocycles. The number of amides is 1. The van der Waals surface area contributed by atoms with Crippen molar-refractivity contribution in [2.75, 3.05) is 12.0 Å². The van der Waals surface area contributed by atoms with Crippen LogP contribution in [-0.2, 0) is 11.2 Å². The van der Waals surface area contributed by atoms with Gasteiger partial charge in [-0.2, -0.15) is 0 Å². The molecule has 0 radical (unpaired) electrons. The van der Waals surface area contributed by atoms with Gasteiger partial charge < -0.3 is 4.74 Å². The molecule has 1 aromatic heterocycles. The predicted molar refractivity (Wildman–Crippen MR) is 124 cm³/mol. The molecule has 2 aromatic carbocycles. The lowest BCUT2D eigenvalue weighted by Crippen LogP contribution is -2.23. The van der Waals surface area contributed by atoms with Crippen molar-refractivity contribution in [2.45, 2.75) is 33.6 Å². The van der Waals surface area contributed by atoms with Gasteiger partial charge in [0.25, 0.3) is 0 Å². The average molecular weight is 433 g/mol. The number of rotatable bonds is 4. The van der Waals surface area contributed by atoms with E-state index in [0.717, 1.165) is 45.7 Å². The lowest BCUT2D eigenvalue weighted by Gasteiger charge is -2.21. The first-order chi connectivity index (χ1) is 14.9. The van der Waals surface area contributed by atoms with Gasteiger partial charge >= 0.3 is 0 Å². The Labute approximate surface area is 186 Å². The van der Waals surface area contributed by atoms with E-state index >= 15 is 0 Å². The van der Waals surface area contributed by atoms with Crippen LogP contribution in [0.5, 0.6) is 5.75 Å². The molecule has 0 atom stereocenters. The summed E-state index contributed by atoms with van der Waals surface area (Å²) in [5.74, 6) is 0.689. The quantitative estimate of drug-likeness (QED) is 0.499. The number of ether oxygens (including phenoxy) is 1. The first-order valence-electron chi connectivity index (χ1n) is 10.1. The van der Waals surface area contributed by atoms with Crippen LogP contribution in [0.1, 0.15) is 46.1 Å². The van der Waals surface area contributed by atoms with Gasteiger partial charge in [0.2, 0.25) is 5.91 Å². The van der Waals surface area contributed by atoms with E-state index < -0.39 is 0 Å². The van der Waals surface area contributed by atoms with Gasteiger partial charge in [0.15, 0.2) is 10.9 Å². The number of benzene rings is 2. The largest absolute Gasteiger partial charge is 0.497 e. The number of hydrogen-bond donors (Lipinski definition) is 0. The summed E-state index contributed by atoms with van der Waals surface area (Å²) < 4.78 is 5.27. The number of carbonyl (C=O) groups is 2. The minimum atomic E-state index is -0.0983. The number of fused-ring (bicyclic) bond motifs is 1. The van der Waals surface area contributed by atoms with Gasteiger partial charge in [0.05, 0.1) is 18.5 Å². The van der Waals surface area contributed by atoms with E-state index in [4.69, 9.17) is 4.74 Å². The number of allylic oxidation sites excluding steroid dienone is 1. The van der Waals surface area contributed by atoms with Crippen LogP contribution in [0.15, 0.2) is 47.4 Å². The Balaban J connectivity index is 1.65. The van der Waals surface area contributed by atoms with Crippen LogP contribution in [0.4, 0.5) is 10.8 Å². The summed E-state index contributed by atoms with van der Waals surface area (Å²) in [7, 11) is 1.63. The van der Waals surface area contributed by atoms with Gasteiger partial charge in [-0.3, -0.25) is 14.5 Å². The number of anilines is 2. The number of aryl methyl sites for hydroxylation is 2. The molecule has 6 heteroatoms. The molecule has 158 valence electrons. The van der Waals surface area contributed by atoms with Crippen molar-refractivity contribution in [1.29, 1.82) is 0 Å². The fourth-order valence-electron chi connectivity index (χ4n) is 3.83. The van der Waals surface area contributed by atoms with Crippen molar-refractivity contribution in [1.82, 2.24) is 4.98 Å². The van der Waals surface area contributed by atoms with E-state index in [0.29, 0.717) is 17.2 Å². The van der Waals surface area contributed by atoms with Crippen LogP contribution in [-0.4, -0.2) is 23.8 Å². The van der Waals surface area contributed by atoms with Gasteiger partial charge in [-0.15, -0.1) is 11.3 Å². The third-order valence-corrected chi connectivity index (χ3v) is 6.51. The fourth-order valence-corrected chi connectivity index (χ4v) is 4.67. The van der Waals surface area contributed by atoms with Crippen LogP contribution in [0.25, 0.3) is 6.08 Å². The SMILES string of the molecule is COc1ccc2c(c1)CC/C(=C/c1csc(N(C(C)=O)c3cccc(C)c3C)n1)C2=O. The second kappa shape index (κ2) is 8.47. The molecule has 3 aromatic rings. The summed E-state index contributed by atoms with van der Waals surface area (Å²) in [5, 5.41) is 2.49. The van der Waals surface area contributed by atoms with Crippen molar-refractivity contribution >= 4 is 39.9 Å². The highest BCUT2D eigenvalue weighted by molar-refractivity contribution is 7.14. The Morgan fingerprint density at radius 1 is 1.19 bits per heavy atom. The Morgan fingerprint density at radius 2 is 2.00 bits per heavy atom. The van der Waals surface area contributed by atoms with Crippen molar-refractivity contribution in [3.05, 3.63) is 75.3 Å². The van der Waals surface area contributed by atoms with Crippen molar-refractivity contribution in [2.24, 2.45) is 0 Å². The van der Waals surface area contributed by atoms with Crippen LogP contribution in [0.3, 0.4) is 0 Å². The molecule has 0 spiro atoms. The zero-order valence-electron chi connectivity index (χ0n) is 18.1. The van der Waals surface area contributed by atoms with Gasteiger partial charge in [-0.1, -0.05) is 12.1 Å². The highest BCUT2D eigenvalue weighted by Gasteiger charge is 2.24. The lowest BCUT2D eigenvalue weighted by atomic mass is 9.86. The molecule has 0 N–H and O–H groups in total. The van der Waals surface area contributed by atoms with Crippen molar-refractivity contribution in [3.8, 4) is 5.75 Å². The molecule has 1 aliphatic rings. The van der Waals surface area contributed by atoms with Gasteiger partial charge in [-0.05, 0) is 73.7 Å². The maximum Gasteiger partial charge on any atom is 0.230 e. The third-order valence-electron chi connectivity index (χ3n) is 5.67. The summed E-state index contributed by atoms with van der Waals surface area (Å²) in [6.45, 7) is 5.57. The highest BCUT2D eigenvalue weighted by atomic mass is 32.1. The first-order valence-corrected chi connectivity index (χ1v) is 11.0. The lowest BCUT2D eigenvalue weighted by molar-refractivity contribution is -0.115. The smallest absolute Gasteiger partial charge is 0.230 e. The first kappa shape index (κ1) is 21.0. The summed E-state index contributed by atoms with van der Waals surface area (Å²) >= 11 is 1.40. The monoisotopic (exact) mass is 432 g/mol. The summed E-state index contributed by atoms with van der Waals surface area (Å²) in [6.07, 6.45) is 3.28. The summed E-state index contributed by atoms with van der Waals surface area (Å²) in [4.78, 5) is 31.7. The number of nitrogens with zero attached hydrogens (tertiary/aromatic N) is 2. The highest BCUT2D eigenvalue weighted by Crippen LogP contribution is 2.34. The van der Waals surface area contributed by atoms with Crippen LogP contribution < -0.4 is 9.64 Å². The van der Waals surface area contributed by atoms with Crippen molar-refractivity contribution < 1.29 is 14.3 Å². The minimum absolute atomic E-state index is 0.0244. The zero-order valence-corrected chi connectivity index (χ0v) is 18.9. The average Bonchev–Trinajstić information content (AvgIpc) is 3.20. The molecule has 4 rings (SSSR count). The fraction of sp³-hybridized carbons (Fsp3) is 0.240. The van der Waals surface area contributed by atoms with E-state index in [-0.39, 0.29) is 11.7 Å². The number of carbonyl (C=O) groups excluding carboxylic acids is 2. The normalized spacial score (nSPS) is 14.5. The van der Waals surface area contributed by atoms with E-state index in [1.54, 1.807) is 12.0 Å². The molecule has 0 saturated heterocycles. The van der Waals surface area contributed by atoms with E-state index in [9.17, 15) is 9.59 Å².